The van der Waals surface area contributed by atoms with Crippen LogP contribution in [0, 0.1) is 0 Å². The Bertz CT molecular complexity index is 941. The summed E-state index contributed by atoms with van der Waals surface area (Å²) in [6.07, 6.45) is 1.65. The molecule has 0 amide bonds. The fourth-order valence-electron chi connectivity index (χ4n) is 2.68. The van der Waals surface area contributed by atoms with Gasteiger partial charge in [-0.05, 0) is 24.3 Å². The Morgan fingerprint density at radius 1 is 0.957 bits per heavy atom. The van der Waals surface area contributed by atoms with Gasteiger partial charge in [0.05, 0.1) is 23.3 Å². The second-order valence-electron chi connectivity index (χ2n) is 5.27. The lowest BCUT2D eigenvalue weighted by Gasteiger charge is -2.04. The van der Waals surface area contributed by atoms with Crippen molar-refractivity contribution in [1.82, 2.24) is 14.5 Å². The number of hydrogen-bond donors (Lipinski definition) is 1. The molecule has 0 spiro atoms. The van der Waals surface area contributed by atoms with Crippen molar-refractivity contribution >= 4 is 11.0 Å². The van der Waals surface area contributed by atoms with Gasteiger partial charge >= 0.3 is 0 Å². The molecule has 4 aromatic rings. The largest absolute Gasteiger partial charge is 0.444 e. The highest BCUT2D eigenvalue weighted by Gasteiger charge is 2.12. The number of para-hydroxylation sites is 2. The van der Waals surface area contributed by atoms with Crippen molar-refractivity contribution in [3.05, 3.63) is 72.4 Å². The average molecular weight is 305 g/mol. The van der Waals surface area contributed by atoms with Crippen LogP contribution in [0.2, 0.25) is 0 Å². The molecule has 23 heavy (non-hydrogen) atoms. The molecule has 0 atom stereocenters. The minimum absolute atomic E-state index is 0.113. The van der Waals surface area contributed by atoms with Crippen LogP contribution in [0.1, 0.15) is 11.5 Å². The van der Waals surface area contributed by atoms with Crippen LogP contribution in [0.5, 0.6) is 0 Å². The summed E-state index contributed by atoms with van der Waals surface area (Å²) < 4.78 is 7.54. The van der Waals surface area contributed by atoms with Gasteiger partial charge in [0.2, 0.25) is 5.89 Å². The molecule has 5 heteroatoms. The predicted molar refractivity (Wildman–Crippen MR) is 86.7 cm³/mol. The van der Waals surface area contributed by atoms with Crippen LogP contribution >= 0.6 is 0 Å². The van der Waals surface area contributed by atoms with Gasteiger partial charge in [0.25, 0.3) is 0 Å². The number of imidazole rings is 1. The van der Waals surface area contributed by atoms with Crippen molar-refractivity contribution in [1.29, 1.82) is 0 Å². The zero-order valence-electron chi connectivity index (χ0n) is 12.4. The zero-order valence-corrected chi connectivity index (χ0v) is 12.4. The summed E-state index contributed by atoms with van der Waals surface area (Å²) in [7, 11) is 0. The summed E-state index contributed by atoms with van der Waals surface area (Å²) in [4.78, 5) is 8.99. The molecule has 0 bridgehead atoms. The molecule has 2 aromatic carbocycles. The van der Waals surface area contributed by atoms with E-state index in [9.17, 15) is 5.11 Å². The van der Waals surface area contributed by atoms with Crippen molar-refractivity contribution in [2.45, 2.75) is 13.2 Å². The van der Waals surface area contributed by atoms with Crippen molar-refractivity contribution in [3.63, 3.8) is 0 Å². The molecule has 0 aliphatic heterocycles. The average Bonchev–Trinajstić information content (AvgIpc) is 3.21. The molecule has 0 saturated carbocycles. The third-order valence-electron chi connectivity index (χ3n) is 3.77. The number of oxazole rings is 1. The highest BCUT2D eigenvalue weighted by atomic mass is 16.3. The SMILES string of the molecule is OCc1nc2ccccc2n1Cc1coc(-c2ccccc2)n1. The first-order chi connectivity index (χ1) is 11.3. The van der Waals surface area contributed by atoms with Crippen LogP contribution in [-0.2, 0) is 13.2 Å². The van der Waals surface area contributed by atoms with E-state index in [1.54, 1.807) is 6.26 Å². The van der Waals surface area contributed by atoms with Gasteiger partial charge in [0.15, 0.2) is 0 Å². The molecule has 2 aromatic heterocycles. The van der Waals surface area contributed by atoms with Crippen molar-refractivity contribution in [2.24, 2.45) is 0 Å². The van der Waals surface area contributed by atoms with E-state index in [-0.39, 0.29) is 6.61 Å². The molecule has 2 heterocycles. The number of nitrogens with zero attached hydrogens (tertiary/aromatic N) is 3. The summed E-state index contributed by atoms with van der Waals surface area (Å²) >= 11 is 0. The Balaban J connectivity index is 1.70. The standard InChI is InChI=1S/C18H15N3O2/c22-11-17-20-15-8-4-5-9-16(15)21(17)10-14-12-23-18(19-14)13-6-2-1-3-7-13/h1-9,12,22H,10-11H2. The number of benzene rings is 2. The summed E-state index contributed by atoms with van der Waals surface area (Å²) in [6, 6.07) is 17.6. The fraction of sp³-hybridized carbons (Fsp3) is 0.111. The molecule has 1 N–H and O–H groups in total. The van der Waals surface area contributed by atoms with Gasteiger partial charge in [-0.15, -0.1) is 0 Å². The topological polar surface area (TPSA) is 64.1 Å². The van der Waals surface area contributed by atoms with Crippen molar-refractivity contribution in [2.75, 3.05) is 0 Å². The molecule has 0 aliphatic rings. The zero-order chi connectivity index (χ0) is 15.6. The summed E-state index contributed by atoms with van der Waals surface area (Å²) in [5.41, 5.74) is 3.57. The quantitative estimate of drug-likeness (QED) is 0.628. The number of aliphatic hydroxyl groups is 1. The van der Waals surface area contributed by atoms with Crippen LogP contribution < -0.4 is 0 Å². The highest BCUT2D eigenvalue weighted by Crippen LogP contribution is 2.21. The Morgan fingerprint density at radius 3 is 2.57 bits per heavy atom. The molecule has 0 saturated heterocycles. The van der Waals surface area contributed by atoms with E-state index >= 15 is 0 Å². The Kier molecular flexibility index (Phi) is 3.40. The minimum atomic E-state index is -0.113. The maximum absolute atomic E-state index is 9.55. The predicted octanol–water partition coefficient (Wildman–Crippen LogP) is 3.23. The Morgan fingerprint density at radius 2 is 1.74 bits per heavy atom. The number of hydrogen-bond acceptors (Lipinski definition) is 4. The van der Waals surface area contributed by atoms with Gasteiger partial charge in [-0.3, -0.25) is 0 Å². The van der Waals surface area contributed by atoms with E-state index in [0.717, 1.165) is 22.3 Å². The third kappa shape index (κ3) is 2.51. The first-order valence-electron chi connectivity index (χ1n) is 7.40. The van der Waals surface area contributed by atoms with Gasteiger partial charge in [-0.2, -0.15) is 0 Å². The highest BCUT2D eigenvalue weighted by molar-refractivity contribution is 5.76. The number of aromatic nitrogens is 3. The van der Waals surface area contributed by atoms with Crippen LogP contribution in [0.15, 0.2) is 65.3 Å². The first-order valence-corrected chi connectivity index (χ1v) is 7.40. The lowest BCUT2D eigenvalue weighted by molar-refractivity contribution is 0.267. The molecule has 0 unspecified atom stereocenters. The molecule has 5 nitrogen and oxygen atoms in total. The first kappa shape index (κ1) is 13.7. The van der Waals surface area contributed by atoms with Gasteiger partial charge in [0, 0.05) is 5.56 Å². The van der Waals surface area contributed by atoms with Crippen LogP contribution in [0.3, 0.4) is 0 Å². The van der Waals surface area contributed by atoms with E-state index in [1.807, 2.05) is 59.2 Å². The maximum atomic E-state index is 9.55. The molecule has 0 aliphatic carbocycles. The van der Waals surface area contributed by atoms with Gasteiger partial charge in [-0.1, -0.05) is 30.3 Å². The second-order valence-corrected chi connectivity index (χ2v) is 5.27. The lowest BCUT2D eigenvalue weighted by Crippen LogP contribution is -2.05. The van der Waals surface area contributed by atoms with E-state index < -0.39 is 0 Å². The number of rotatable bonds is 4. The second kappa shape index (κ2) is 5.70. The van der Waals surface area contributed by atoms with Crippen LogP contribution in [-0.4, -0.2) is 19.6 Å². The maximum Gasteiger partial charge on any atom is 0.226 e. The Labute approximate surface area is 132 Å². The van der Waals surface area contributed by atoms with Crippen molar-refractivity contribution < 1.29 is 9.52 Å². The van der Waals surface area contributed by atoms with Crippen molar-refractivity contribution in [3.8, 4) is 11.5 Å². The Hall–Kier alpha value is -2.92. The van der Waals surface area contributed by atoms with E-state index in [2.05, 4.69) is 9.97 Å². The summed E-state index contributed by atoms with van der Waals surface area (Å²) in [5.74, 6) is 1.21. The number of fused-ring (bicyclic) bond motifs is 1. The van der Waals surface area contributed by atoms with E-state index in [0.29, 0.717) is 18.3 Å². The molecule has 114 valence electrons. The van der Waals surface area contributed by atoms with Gasteiger partial charge in [0.1, 0.15) is 18.7 Å². The summed E-state index contributed by atoms with van der Waals surface area (Å²) in [5, 5.41) is 9.55. The summed E-state index contributed by atoms with van der Waals surface area (Å²) in [6.45, 7) is 0.394. The molecular formula is C18H15N3O2. The minimum Gasteiger partial charge on any atom is -0.444 e. The van der Waals surface area contributed by atoms with Gasteiger partial charge in [-0.25, -0.2) is 9.97 Å². The molecule has 4 rings (SSSR count). The molecular weight excluding hydrogens is 290 g/mol. The molecule has 0 radical (unpaired) electrons. The van der Waals surface area contributed by atoms with Crippen LogP contribution in [0.4, 0.5) is 0 Å². The van der Waals surface area contributed by atoms with E-state index in [1.165, 1.54) is 0 Å². The molecule has 0 fully saturated rings. The number of aliphatic hydroxyl groups excluding tert-OH is 1. The monoisotopic (exact) mass is 305 g/mol. The van der Waals surface area contributed by atoms with Crippen LogP contribution in [0.25, 0.3) is 22.5 Å². The van der Waals surface area contributed by atoms with E-state index in [4.69, 9.17) is 4.42 Å². The van der Waals surface area contributed by atoms with Gasteiger partial charge < -0.3 is 14.1 Å². The fourth-order valence-corrected chi connectivity index (χ4v) is 2.68. The smallest absolute Gasteiger partial charge is 0.226 e. The normalized spacial score (nSPS) is 11.2. The third-order valence-corrected chi connectivity index (χ3v) is 3.77. The lowest BCUT2D eigenvalue weighted by atomic mass is 10.2.